The van der Waals surface area contributed by atoms with Crippen LogP contribution in [0.3, 0.4) is 0 Å². The number of fused-ring (bicyclic) bond motifs is 1. The Hall–Kier alpha value is -3.22. The van der Waals surface area contributed by atoms with E-state index < -0.39 is 0 Å². The van der Waals surface area contributed by atoms with E-state index in [2.05, 4.69) is 27.6 Å². The number of amides is 2. The summed E-state index contributed by atoms with van der Waals surface area (Å²) in [7, 11) is 0. The van der Waals surface area contributed by atoms with Crippen molar-refractivity contribution in [3.8, 4) is 6.07 Å². The van der Waals surface area contributed by atoms with Crippen LogP contribution in [0.15, 0.2) is 52.9 Å². The lowest BCUT2D eigenvalue weighted by atomic mass is 9.90. The predicted octanol–water partition coefficient (Wildman–Crippen LogP) is 4.18. The summed E-state index contributed by atoms with van der Waals surface area (Å²) in [6.45, 7) is 2.15. The van der Waals surface area contributed by atoms with Gasteiger partial charge in [0.15, 0.2) is 4.34 Å². The zero-order chi connectivity index (χ0) is 22.5. The summed E-state index contributed by atoms with van der Waals surface area (Å²) in [6.07, 6.45) is 0.966. The van der Waals surface area contributed by atoms with Gasteiger partial charge in [-0.3, -0.25) is 9.59 Å². The Labute approximate surface area is 194 Å². The molecule has 162 valence electrons. The van der Waals surface area contributed by atoms with Gasteiger partial charge in [0.1, 0.15) is 0 Å². The van der Waals surface area contributed by atoms with Gasteiger partial charge in [-0.05, 0) is 35.2 Å². The molecule has 1 N–H and O–H groups in total. The van der Waals surface area contributed by atoms with Crippen molar-refractivity contribution in [3.63, 3.8) is 0 Å². The molecule has 1 unspecified atom stereocenters. The number of nitrogens with zero attached hydrogens (tertiary/aromatic N) is 4. The van der Waals surface area contributed by atoms with E-state index in [0.29, 0.717) is 23.0 Å². The van der Waals surface area contributed by atoms with Crippen molar-refractivity contribution < 1.29 is 9.59 Å². The van der Waals surface area contributed by atoms with E-state index in [1.807, 2.05) is 30.3 Å². The maximum Gasteiger partial charge on any atom is 0.228 e. The average Bonchev–Trinajstić information content (AvgIpc) is 3.25. The number of benzene rings is 2. The molecule has 0 aliphatic carbocycles. The first-order valence-electron chi connectivity index (χ1n) is 10.1. The molecule has 0 fully saturated rings. The molecule has 0 bridgehead atoms. The maximum atomic E-state index is 12.8. The number of carbonyl (C=O) groups excluding carboxylic acids is 2. The largest absolute Gasteiger partial charge is 0.335 e. The smallest absolute Gasteiger partial charge is 0.228 e. The van der Waals surface area contributed by atoms with E-state index in [1.165, 1.54) is 28.7 Å². The SMILES string of the molecule is CC(=O)N1CCc2ccccc2C1CC(=O)Nc1nnc(SCc2ccc(C#N)cc2)s1. The molecule has 2 aromatic carbocycles. The van der Waals surface area contributed by atoms with E-state index in [1.54, 1.807) is 24.0 Å². The molecule has 7 nitrogen and oxygen atoms in total. The Balaban J connectivity index is 1.37. The molecule has 0 saturated carbocycles. The van der Waals surface area contributed by atoms with Crippen molar-refractivity contribution in [2.24, 2.45) is 0 Å². The van der Waals surface area contributed by atoms with Gasteiger partial charge in [-0.15, -0.1) is 10.2 Å². The van der Waals surface area contributed by atoms with Crippen molar-refractivity contribution in [2.75, 3.05) is 11.9 Å². The number of nitriles is 1. The Morgan fingerprint density at radius 3 is 2.75 bits per heavy atom. The van der Waals surface area contributed by atoms with Crippen LogP contribution in [0.5, 0.6) is 0 Å². The van der Waals surface area contributed by atoms with E-state index in [0.717, 1.165) is 21.9 Å². The Morgan fingerprint density at radius 1 is 1.22 bits per heavy atom. The number of rotatable bonds is 6. The first-order valence-corrected chi connectivity index (χ1v) is 11.9. The van der Waals surface area contributed by atoms with E-state index in [4.69, 9.17) is 5.26 Å². The number of hydrogen-bond acceptors (Lipinski definition) is 7. The zero-order valence-electron chi connectivity index (χ0n) is 17.4. The Morgan fingerprint density at radius 2 is 2.00 bits per heavy atom. The van der Waals surface area contributed by atoms with Crippen LogP contribution in [-0.4, -0.2) is 33.5 Å². The van der Waals surface area contributed by atoms with Crippen LogP contribution in [-0.2, 0) is 21.8 Å². The van der Waals surface area contributed by atoms with Crippen LogP contribution in [0.2, 0.25) is 0 Å². The lowest BCUT2D eigenvalue weighted by molar-refractivity contribution is -0.132. The second-order valence-corrected chi connectivity index (χ2v) is 9.60. The lowest BCUT2D eigenvalue weighted by Crippen LogP contribution is -2.40. The molecular formula is C23H21N5O2S2. The fourth-order valence-electron chi connectivity index (χ4n) is 3.73. The van der Waals surface area contributed by atoms with Crippen molar-refractivity contribution >= 4 is 40.0 Å². The minimum Gasteiger partial charge on any atom is -0.335 e. The molecule has 3 aromatic rings. The molecule has 4 rings (SSSR count). The number of hydrogen-bond donors (Lipinski definition) is 1. The highest BCUT2D eigenvalue weighted by Crippen LogP contribution is 2.33. The highest BCUT2D eigenvalue weighted by Gasteiger charge is 2.30. The van der Waals surface area contributed by atoms with Crippen molar-refractivity contribution in [1.82, 2.24) is 15.1 Å². The predicted molar refractivity (Wildman–Crippen MR) is 124 cm³/mol. The topological polar surface area (TPSA) is 99.0 Å². The van der Waals surface area contributed by atoms with Gasteiger partial charge in [0.25, 0.3) is 0 Å². The third-order valence-electron chi connectivity index (χ3n) is 5.29. The number of carbonyl (C=O) groups is 2. The molecule has 2 amide bonds. The molecule has 0 radical (unpaired) electrons. The van der Waals surface area contributed by atoms with Gasteiger partial charge in [-0.1, -0.05) is 59.5 Å². The van der Waals surface area contributed by atoms with Crippen LogP contribution in [0, 0.1) is 11.3 Å². The van der Waals surface area contributed by atoms with Crippen LogP contribution in [0.4, 0.5) is 5.13 Å². The van der Waals surface area contributed by atoms with E-state index in [-0.39, 0.29) is 24.3 Å². The first-order chi connectivity index (χ1) is 15.5. The van der Waals surface area contributed by atoms with Crippen LogP contribution in [0.1, 0.15) is 41.6 Å². The quantitative estimate of drug-likeness (QED) is 0.435. The number of aromatic nitrogens is 2. The summed E-state index contributed by atoms with van der Waals surface area (Å²) in [5.41, 5.74) is 3.92. The standard InChI is InChI=1S/C23H21N5O2S2/c1-15(29)28-11-10-18-4-2-3-5-19(18)20(28)12-21(30)25-22-26-27-23(32-22)31-14-17-8-6-16(13-24)7-9-17/h2-9,20H,10-12,14H2,1H3,(H,25,26,30). The van der Waals surface area contributed by atoms with Gasteiger partial charge in [0.2, 0.25) is 16.9 Å². The molecule has 1 aliphatic rings. The summed E-state index contributed by atoms with van der Waals surface area (Å²) in [4.78, 5) is 26.7. The highest BCUT2D eigenvalue weighted by atomic mass is 32.2. The molecule has 1 aromatic heterocycles. The summed E-state index contributed by atoms with van der Waals surface area (Å²) in [6, 6.07) is 17.2. The zero-order valence-corrected chi connectivity index (χ0v) is 19.1. The summed E-state index contributed by atoms with van der Waals surface area (Å²) >= 11 is 2.84. The van der Waals surface area contributed by atoms with Crippen LogP contribution in [0.25, 0.3) is 0 Å². The summed E-state index contributed by atoms with van der Waals surface area (Å²) in [5, 5.41) is 20.4. The molecule has 2 heterocycles. The third-order valence-corrected chi connectivity index (χ3v) is 7.34. The normalized spacial score (nSPS) is 15.0. The molecule has 1 atom stereocenters. The Bertz CT molecular complexity index is 1170. The molecular weight excluding hydrogens is 442 g/mol. The average molecular weight is 464 g/mol. The second kappa shape index (κ2) is 9.94. The van der Waals surface area contributed by atoms with Crippen molar-refractivity contribution in [2.45, 2.75) is 35.9 Å². The Kier molecular flexibility index (Phi) is 6.83. The lowest BCUT2D eigenvalue weighted by Gasteiger charge is -2.36. The van der Waals surface area contributed by atoms with Gasteiger partial charge in [-0.25, -0.2) is 0 Å². The summed E-state index contributed by atoms with van der Waals surface area (Å²) in [5.74, 6) is 0.466. The molecule has 1 aliphatic heterocycles. The molecule has 32 heavy (non-hydrogen) atoms. The first kappa shape index (κ1) is 22.0. The number of thioether (sulfide) groups is 1. The fraction of sp³-hybridized carbons (Fsp3) is 0.261. The maximum absolute atomic E-state index is 12.8. The molecule has 9 heteroatoms. The minimum atomic E-state index is -0.282. The van der Waals surface area contributed by atoms with Crippen molar-refractivity contribution in [1.29, 1.82) is 5.26 Å². The second-order valence-electron chi connectivity index (χ2n) is 7.40. The van der Waals surface area contributed by atoms with E-state index >= 15 is 0 Å². The number of anilines is 1. The van der Waals surface area contributed by atoms with E-state index in [9.17, 15) is 9.59 Å². The van der Waals surface area contributed by atoms with Crippen molar-refractivity contribution in [3.05, 3.63) is 70.8 Å². The van der Waals surface area contributed by atoms with Gasteiger partial charge in [0.05, 0.1) is 24.1 Å². The molecule has 0 spiro atoms. The van der Waals surface area contributed by atoms with Crippen LogP contribution < -0.4 is 5.32 Å². The fourth-order valence-corrected chi connectivity index (χ4v) is 5.46. The van der Waals surface area contributed by atoms with Gasteiger partial charge in [-0.2, -0.15) is 5.26 Å². The summed E-state index contributed by atoms with van der Waals surface area (Å²) < 4.78 is 0.748. The van der Waals surface area contributed by atoms with Gasteiger partial charge >= 0.3 is 0 Å². The highest BCUT2D eigenvalue weighted by molar-refractivity contribution is 8.00. The molecule has 0 saturated heterocycles. The van der Waals surface area contributed by atoms with Crippen LogP contribution >= 0.6 is 23.1 Å². The van der Waals surface area contributed by atoms with Gasteiger partial charge in [0, 0.05) is 19.2 Å². The number of nitrogens with one attached hydrogen (secondary N) is 1. The third kappa shape index (κ3) is 5.15. The minimum absolute atomic E-state index is 0.0327. The monoisotopic (exact) mass is 463 g/mol. The van der Waals surface area contributed by atoms with Gasteiger partial charge < -0.3 is 10.2 Å².